The molecule has 0 saturated carbocycles. The summed E-state index contributed by atoms with van der Waals surface area (Å²) in [6.45, 7) is 1.51. The molecule has 0 saturated heterocycles. The lowest BCUT2D eigenvalue weighted by atomic mass is 9.94. The van der Waals surface area contributed by atoms with Crippen molar-refractivity contribution in [3.63, 3.8) is 0 Å². The Kier molecular flexibility index (Phi) is 3.05. The predicted molar refractivity (Wildman–Crippen MR) is 52.7 cm³/mol. The minimum Gasteiger partial charge on any atom is -0.394 e. The van der Waals surface area contributed by atoms with Crippen LogP contribution in [-0.4, -0.2) is 11.7 Å². The van der Waals surface area contributed by atoms with Crippen molar-refractivity contribution in [2.75, 3.05) is 6.61 Å². The van der Waals surface area contributed by atoms with Gasteiger partial charge in [0.2, 0.25) is 0 Å². The van der Waals surface area contributed by atoms with Crippen molar-refractivity contribution in [1.82, 2.24) is 0 Å². The first-order chi connectivity index (χ1) is 5.97. The van der Waals surface area contributed by atoms with Crippen LogP contribution in [0.15, 0.2) is 22.7 Å². The Morgan fingerprint density at radius 3 is 2.69 bits per heavy atom. The summed E-state index contributed by atoms with van der Waals surface area (Å²) in [5, 5.41) is 8.97. The summed E-state index contributed by atoms with van der Waals surface area (Å²) in [5.41, 5.74) is 5.64. The fourth-order valence-electron chi connectivity index (χ4n) is 0.943. The van der Waals surface area contributed by atoms with Gasteiger partial charge in [-0.15, -0.1) is 0 Å². The molecule has 1 rings (SSSR count). The van der Waals surface area contributed by atoms with Crippen molar-refractivity contribution < 1.29 is 9.50 Å². The number of hydrogen-bond donors (Lipinski definition) is 2. The van der Waals surface area contributed by atoms with Crippen LogP contribution >= 0.6 is 15.9 Å². The van der Waals surface area contributed by atoms with Crippen LogP contribution in [0.5, 0.6) is 0 Å². The molecule has 1 unspecified atom stereocenters. The van der Waals surface area contributed by atoms with E-state index in [2.05, 4.69) is 15.9 Å². The standard InChI is InChI=1S/C9H11BrFNO/c1-9(12,5-13)6-2-3-8(11)7(10)4-6/h2-4,13H,5,12H2,1H3. The highest BCUT2D eigenvalue weighted by molar-refractivity contribution is 9.10. The van der Waals surface area contributed by atoms with Crippen LogP contribution in [0.3, 0.4) is 0 Å². The molecule has 0 spiro atoms. The molecule has 72 valence electrons. The summed E-state index contributed by atoms with van der Waals surface area (Å²) >= 11 is 3.06. The number of aliphatic hydroxyl groups excluding tert-OH is 1. The number of aliphatic hydroxyl groups is 1. The van der Waals surface area contributed by atoms with Crippen LogP contribution in [0.1, 0.15) is 12.5 Å². The van der Waals surface area contributed by atoms with Crippen LogP contribution in [0.2, 0.25) is 0 Å². The third kappa shape index (κ3) is 2.27. The predicted octanol–water partition coefficient (Wildman–Crippen LogP) is 1.75. The zero-order valence-electron chi connectivity index (χ0n) is 7.22. The fourth-order valence-corrected chi connectivity index (χ4v) is 1.32. The molecule has 0 bridgehead atoms. The Balaban J connectivity index is 3.10. The van der Waals surface area contributed by atoms with Gasteiger partial charge in [-0.1, -0.05) is 6.07 Å². The molecule has 13 heavy (non-hydrogen) atoms. The van der Waals surface area contributed by atoms with Gasteiger partial charge in [-0.3, -0.25) is 0 Å². The van der Waals surface area contributed by atoms with Gasteiger partial charge in [0.25, 0.3) is 0 Å². The van der Waals surface area contributed by atoms with Gasteiger partial charge >= 0.3 is 0 Å². The molecule has 0 aliphatic rings. The van der Waals surface area contributed by atoms with Gasteiger partial charge < -0.3 is 10.8 Å². The zero-order chi connectivity index (χ0) is 10.1. The second-order valence-corrected chi connectivity index (χ2v) is 4.06. The molecule has 1 aromatic rings. The van der Waals surface area contributed by atoms with Gasteiger partial charge in [0.15, 0.2) is 0 Å². The molecular formula is C9H11BrFNO. The molecule has 2 nitrogen and oxygen atoms in total. The van der Waals surface area contributed by atoms with E-state index in [1.54, 1.807) is 19.1 Å². The van der Waals surface area contributed by atoms with Crippen LogP contribution in [0.25, 0.3) is 0 Å². The summed E-state index contributed by atoms with van der Waals surface area (Å²) in [5.74, 6) is -0.336. The second kappa shape index (κ2) is 3.74. The van der Waals surface area contributed by atoms with Crippen molar-refractivity contribution in [2.24, 2.45) is 5.73 Å². The summed E-state index contributed by atoms with van der Waals surface area (Å²) in [4.78, 5) is 0. The molecule has 0 aliphatic heterocycles. The number of nitrogens with two attached hydrogens (primary N) is 1. The quantitative estimate of drug-likeness (QED) is 0.837. The van der Waals surface area contributed by atoms with E-state index in [0.29, 0.717) is 10.0 Å². The second-order valence-electron chi connectivity index (χ2n) is 3.20. The molecule has 0 radical (unpaired) electrons. The van der Waals surface area contributed by atoms with Crippen LogP contribution in [0.4, 0.5) is 4.39 Å². The van der Waals surface area contributed by atoms with Gasteiger partial charge in [0.05, 0.1) is 16.6 Å². The summed E-state index contributed by atoms with van der Waals surface area (Å²) in [6, 6.07) is 4.46. The summed E-state index contributed by atoms with van der Waals surface area (Å²) in [6.07, 6.45) is 0. The Bertz CT molecular complexity index is 314. The fraction of sp³-hybridized carbons (Fsp3) is 0.333. The first-order valence-corrected chi connectivity index (χ1v) is 4.62. The molecule has 0 aliphatic carbocycles. The van der Waals surface area contributed by atoms with Crippen molar-refractivity contribution >= 4 is 15.9 Å². The molecule has 0 heterocycles. The van der Waals surface area contributed by atoms with E-state index in [9.17, 15) is 4.39 Å². The largest absolute Gasteiger partial charge is 0.394 e. The first-order valence-electron chi connectivity index (χ1n) is 3.82. The zero-order valence-corrected chi connectivity index (χ0v) is 8.81. The number of halogens is 2. The minimum atomic E-state index is -0.823. The Labute approximate surface area is 84.7 Å². The number of rotatable bonds is 2. The highest BCUT2D eigenvalue weighted by Gasteiger charge is 2.20. The van der Waals surface area contributed by atoms with E-state index in [0.717, 1.165) is 0 Å². The van der Waals surface area contributed by atoms with Crippen molar-refractivity contribution in [3.8, 4) is 0 Å². The molecular weight excluding hydrogens is 237 g/mol. The highest BCUT2D eigenvalue weighted by atomic mass is 79.9. The maximum atomic E-state index is 12.8. The van der Waals surface area contributed by atoms with E-state index in [-0.39, 0.29) is 12.4 Å². The normalized spacial score (nSPS) is 15.5. The van der Waals surface area contributed by atoms with Gasteiger partial charge in [0, 0.05) is 0 Å². The monoisotopic (exact) mass is 247 g/mol. The van der Waals surface area contributed by atoms with E-state index in [1.165, 1.54) is 6.07 Å². The average molecular weight is 248 g/mol. The molecule has 0 aromatic heterocycles. The lowest BCUT2D eigenvalue weighted by Crippen LogP contribution is -2.36. The van der Waals surface area contributed by atoms with Crippen molar-refractivity contribution in [2.45, 2.75) is 12.5 Å². The average Bonchev–Trinajstić information content (AvgIpc) is 2.09. The Hall–Kier alpha value is -0.450. The summed E-state index contributed by atoms with van der Waals surface area (Å²) in [7, 11) is 0. The molecule has 0 fully saturated rings. The Morgan fingerprint density at radius 2 is 2.23 bits per heavy atom. The topological polar surface area (TPSA) is 46.2 Å². The SMILES string of the molecule is CC(N)(CO)c1ccc(F)c(Br)c1. The smallest absolute Gasteiger partial charge is 0.137 e. The maximum absolute atomic E-state index is 12.8. The molecule has 1 atom stereocenters. The molecule has 4 heteroatoms. The Morgan fingerprint density at radius 1 is 1.62 bits per heavy atom. The third-order valence-corrected chi connectivity index (χ3v) is 2.52. The minimum absolute atomic E-state index is 0.176. The van der Waals surface area contributed by atoms with E-state index in [4.69, 9.17) is 10.8 Å². The molecule has 0 amide bonds. The van der Waals surface area contributed by atoms with Gasteiger partial charge in [-0.05, 0) is 40.5 Å². The highest BCUT2D eigenvalue weighted by Crippen LogP contribution is 2.23. The van der Waals surface area contributed by atoms with Crippen LogP contribution < -0.4 is 5.73 Å². The number of benzene rings is 1. The lowest BCUT2D eigenvalue weighted by Gasteiger charge is -2.22. The van der Waals surface area contributed by atoms with Gasteiger partial charge in [-0.2, -0.15) is 0 Å². The van der Waals surface area contributed by atoms with Crippen LogP contribution in [-0.2, 0) is 5.54 Å². The summed E-state index contributed by atoms with van der Waals surface area (Å²) < 4.78 is 13.2. The van der Waals surface area contributed by atoms with Gasteiger partial charge in [-0.25, -0.2) is 4.39 Å². The van der Waals surface area contributed by atoms with E-state index >= 15 is 0 Å². The first kappa shape index (κ1) is 10.6. The van der Waals surface area contributed by atoms with E-state index in [1.807, 2.05) is 0 Å². The van der Waals surface area contributed by atoms with E-state index < -0.39 is 5.54 Å². The van der Waals surface area contributed by atoms with Crippen molar-refractivity contribution in [3.05, 3.63) is 34.1 Å². The van der Waals surface area contributed by atoms with Crippen molar-refractivity contribution in [1.29, 1.82) is 0 Å². The van der Waals surface area contributed by atoms with Crippen LogP contribution in [0, 0.1) is 5.82 Å². The van der Waals surface area contributed by atoms with Gasteiger partial charge in [0.1, 0.15) is 5.82 Å². The number of hydrogen-bond acceptors (Lipinski definition) is 2. The third-order valence-electron chi connectivity index (χ3n) is 1.91. The lowest BCUT2D eigenvalue weighted by molar-refractivity contribution is 0.210. The maximum Gasteiger partial charge on any atom is 0.137 e. The molecule has 1 aromatic carbocycles. The molecule has 3 N–H and O–H groups in total.